The monoisotopic (exact) mass is 245 g/mol. The first-order valence-corrected chi connectivity index (χ1v) is 6.18. The van der Waals surface area contributed by atoms with E-state index in [2.05, 4.69) is 29.4 Å². The lowest BCUT2D eigenvalue weighted by Crippen LogP contribution is -2.24. The second kappa shape index (κ2) is 4.90. The molecule has 4 nitrogen and oxygen atoms in total. The smallest absolute Gasteiger partial charge is 0.0925 e. The quantitative estimate of drug-likeness (QED) is 0.894. The van der Waals surface area contributed by atoms with Gasteiger partial charge in [-0.3, -0.25) is 4.68 Å². The molecule has 0 aliphatic rings. The van der Waals surface area contributed by atoms with Crippen LogP contribution in [0.3, 0.4) is 0 Å². The Kier molecular flexibility index (Phi) is 3.48. The van der Waals surface area contributed by atoms with Gasteiger partial charge in [-0.25, -0.2) is 0 Å². The number of hydrogen-bond acceptors (Lipinski definition) is 3. The van der Waals surface area contributed by atoms with E-state index in [-0.39, 0.29) is 0 Å². The average molecular weight is 245 g/mol. The van der Waals surface area contributed by atoms with E-state index >= 15 is 0 Å². The molecule has 0 amide bonds. The third-order valence-corrected chi connectivity index (χ3v) is 3.16. The van der Waals surface area contributed by atoms with E-state index in [0.717, 1.165) is 17.7 Å². The third-order valence-electron chi connectivity index (χ3n) is 3.16. The molecule has 0 spiro atoms. The van der Waals surface area contributed by atoms with Crippen LogP contribution in [-0.4, -0.2) is 20.1 Å². The lowest BCUT2D eigenvalue weighted by atomic mass is 9.90. The summed E-state index contributed by atoms with van der Waals surface area (Å²) in [7, 11) is 1.82. The summed E-state index contributed by atoms with van der Waals surface area (Å²) in [5, 5.41) is 18.4. The summed E-state index contributed by atoms with van der Waals surface area (Å²) >= 11 is 0. The molecule has 1 heterocycles. The zero-order chi connectivity index (χ0) is 13.2. The van der Waals surface area contributed by atoms with Crippen LogP contribution in [-0.2, 0) is 25.5 Å². The Bertz CT molecular complexity index is 514. The lowest BCUT2D eigenvalue weighted by Gasteiger charge is -2.22. The molecule has 0 saturated heterocycles. The van der Waals surface area contributed by atoms with Gasteiger partial charge in [0.2, 0.25) is 0 Å². The summed E-state index contributed by atoms with van der Waals surface area (Å²) in [5.41, 5.74) is 2.06. The number of aliphatic hydroxyl groups is 1. The van der Waals surface area contributed by atoms with Gasteiger partial charge in [0.05, 0.1) is 11.3 Å². The zero-order valence-electron chi connectivity index (χ0n) is 11.1. The average Bonchev–Trinajstić information content (AvgIpc) is 2.74. The first-order valence-electron chi connectivity index (χ1n) is 6.18. The van der Waals surface area contributed by atoms with Crippen molar-refractivity contribution in [1.82, 2.24) is 15.0 Å². The van der Waals surface area contributed by atoms with Crippen LogP contribution < -0.4 is 0 Å². The highest BCUT2D eigenvalue weighted by atomic mass is 16.3. The Balaban J connectivity index is 2.18. The van der Waals surface area contributed by atoms with E-state index in [1.165, 1.54) is 5.56 Å². The van der Waals surface area contributed by atoms with Crippen LogP contribution in [0, 0.1) is 0 Å². The van der Waals surface area contributed by atoms with Gasteiger partial charge >= 0.3 is 0 Å². The Morgan fingerprint density at radius 3 is 2.44 bits per heavy atom. The molecule has 0 fully saturated rings. The minimum Gasteiger partial charge on any atom is -0.385 e. The standard InChI is InChI=1S/C14H19N3O/c1-4-11-5-7-12(8-6-11)14(2,18)9-13-10-17(3)16-15-13/h5-8,10,18H,4,9H2,1-3H3. The van der Waals surface area contributed by atoms with Crippen LogP contribution in [0.4, 0.5) is 0 Å². The van der Waals surface area contributed by atoms with Crippen LogP contribution in [0.2, 0.25) is 0 Å². The second-order valence-corrected chi connectivity index (χ2v) is 4.88. The molecule has 1 aromatic carbocycles. The van der Waals surface area contributed by atoms with Crippen molar-refractivity contribution in [2.45, 2.75) is 32.3 Å². The molecule has 0 radical (unpaired) electrons. The van der Waals surface area contributed by atoms with Crippen molar-refractivity contribution in [2.75, 3.05) is 0 Å². The largest absolute Gasteiger partial charge is 0.385 e. The molecule has 0 bridgehead atoms. The van der Waals surface area contributed by atoms with E-state index in [0.29, 0.717) is 6.42 Å². The second-order valence-electron chi connectivity index (χ2n) is 4.88. The number of hydrogen-bond donors (Lipinski definition) is 1. The van der Waals surface area contributed by atoms with E-state index in [9.17, 15) is 5.11 Å². The van der Waals surface area contributed by atoms with Gasteiger partial charge in [-0.15, -0.1) is 5.10 Å². The fourth-order valence-electron chi connectivity index (χ4n) is 2.03. The predicted molar refractivity (Wildman–Crippen MR) is 70.1 cm³/mol. The van der Waals surface area contributed by atoms with Crippen molar-refractivity contribution in [1.29, 1.82) is 0 Å². The van der Waals surface area contributed by atoms with E-state index in [4.69, 9.17) is 0 Å². The van der Waals surface area contributed by atoms with Gasteiger partial charge in [0.15, 0.2) is 0 Å². The summed E-state index contributed by atoms with van der Waals surface area (Å²) in [6, 6.07) is 8.07. The van der Waals surface area contributed by atoms with Crippen molar-refractivity contribution >= 4 is 0 Å². The van der Waals surface area contributed by atoms with Crippen molar-refractivity contribution < 1.29 is 5.11 Å². The Morgan fingerprint density at radius 1 is 1.28 bits per heavy atom. The van der Waals surface area contributed by atoms with Crippen LogP contribution in [0.5, 0.6) is 0 Å². The molecule has 2 rings (SSSR count). The predicted octanol–water partition coefficient (Wildman–Crippen LogP) is 1.83. The topological polar surface area (TPSA) is 50.9 Å². The van der Waals surface area contributed by atoms with Crippen molar-refractivity contribution in [2.24, 2.45) is 7.05 Å². The minimum atomic E-state index is -0.914. The molecule has 4 heteroatoms. The number of aromatic nitrogens is 3. The maximum Gasteiger partial charge on any atom is 0.0925 e. The highest BCUT2D eigenvalue weighted by Crippen LogP contribution is 2.24. The molecule has 18 heavy (non-hydrogen) atoms. The zero-order valence-corrected chi connectivity index (χ0v) is 11.1. The van der Waals surface area contributed by atoms with Gasteiger partial charge in [0.25, 0.3) is 0 Å². The SMILES string of the molecule is CCc1ccc(C(C)(O)Cc2cn(C)nn2)cc1. The van der Waals surface area contributed by atoms with Crippen LogP contribution in [0.15, 0.2) is 30.5 Å². The fraction of sp³-hybridized carbons (Fsp3) is 0.429. The first kappa shape index (κ1) is 12.8. The highest BCUT2D eigenvalue weighted by molar-refractivity contribution is 5.27. The number of benzene rings is 1. The van der Waals surface area contributed by atoms with E-state index < -0.39 is 5.60 Å². The summed E-state index contributed by atoms with van der Waals surface area (Å²) < 4.78 is 1.64. The van der Waals surface area contributed by atoms with Gasteiger partial charge in [0, 0.05) is 19.7 Å². The van der Waals surface area contributed by atoms with Crippen molar-refractivity contribution in [3.8, 4) is 0 Å². The number of rotatable bonds is 4. The Hall–Kier alpha value is -1.68. The van der Waals surface area contributed by atoms with Gasteiger partial charge in [-0.2, -0.15) is 0 Å². The molecular formula is C14H19N3O. The molecular weight excluding hydrogens is 226 g/mol. The van der Waals surface area contributed by atoms with E-state index in [1.807, 2.05) is 32.3 Å². The molecule has 0 aliphatic heterocycles. The molecule has 2 aromatic rings. The van der Waals surface area contributed by atoms with Gasteiger partial charge in [-0.1, -0.05) is 36.4 Å². The highest BCUT2D eigenvalue weighted by Gasteiger charge is 2.24. The van der Waals surface area contributed by atoms with Gasteiger partial charge < -0.3 is 5.11 Å². The molecule has 96 valence electrons. The summed E-state index contributed by atoms with van der Waals surface area (Å²) in [6.45, 7) is 3.93. The third kappa shape index (κ3) is 2.76. The van der Waals surface area contributed by atoms with Crippen molar-refractivity contribution in [3.63, 3.8) is 0 Å². The van der Waals surface area contributed by atoms with Crippen LogP contribution in [0.25, 0.3) is 0 Å². The number of aryl methyl sites for hydroxylation is 2. The summed E-state index contributed by atoms with van der Waals surface area (Å²) in [4.78, 5) is 0. The minimum absolute atomic E-state index is 0.465. The molecule has 1 N–H and O–H groups in total. The Labute approximate surface area is 107 Å². The maximum absolute atomic E-state index is 10.5. The van der Waals surface area contributed by atoms with Crippen LogP contribution in [0.1, 0.15) is 30.7 Å². The molecule has 1 aromatic heterocycles. The molecule has 0 saturated carbocycles. The van der Waals surface area contributed by atoms with Crippen LogP contribution >= 0.6 is 0 Å². The maximum atomic E-state index is 10.5. The molecule has 1 unspecified atom stereocenters. The summed E-state index contributed by atoms with van der Waals surface area (Å²) in [6.07, 6.45) is 3.30. The van der Waals surface area contributed by atoms with Crippen molar-refractivity contribution in [3.05, 3.63) is 47.3 Å². The number of nitrogens with zero attached hydrogens (tertiary/aromatic N) is 3. The normalized spacial score (nSPS) is 14.4. The van der Waals surface area contributed by atoms with Gasteiger partial charge in [-0.05, 0) is 24.5 Å². The van der Waals surface area contributed by atoms with Gasteiger partial charge in [0.1, 0.15) is 0 Å². The summed E-state index contributed by atoms with van der Waals surface area (Å²) in [5.74, 6) is 0. The first-order chi connectivity index (χ1) is 8.51. The lowest BCUT2D eigenvalue weighted by molar-refractivity contribution is 0.0565. The Morgan fingerprint density at radius 2 is 1.94 bits per heavy atom. The molecule has 1 atom stereocenters. The molecule has 0 aliphatic carbocycles. The fourth-order valence-corrected chi connectivity index (χ4v) is 2.03. The van der Waals surface area contributed by atoms with E-state index in [1.54, 1.807) is 4.68 Å².